The first-order valence-electron chi connectivity index (χ1n) is 12.0. The third kappa shape index (κ3) is 4.73. The number of hydrogen-bond donors (Lipinski definition) is 2. The molecule has 0 aliphatic carbocycles. The summed E-state index contributed by atoms with van der Waals surface area (Å²) < 4.78 is 0. The van der Waals surface area contributed by atoms with E-state index in [-0.39, 0.29) is 5.91 Å². The summed E-state index contributed by atoms with van der Waals surface area (Å²) in [5, 5.41) is 1.32. The molecule has 32 heavy (non-hydrogen) atoms. The summed E-state index contributed by atoms with van der Waals surface area (Å²) in [6.07, 6.45) is 6.41. The van der Waals surface area contributed by atoms with Gasteiger partial charge in [-0.2, -0.15) is 0 Å². The lowest BCUT2D eigenvalue weighted by atomic mass is 9.87. The van der Waals surface area contributed by atoms with Crippen molar-refractivity contribution in [1.82, 2.24) is 14.9 Å². The Bertz CT molecular complexity index is 1080. The van der Waals surface area contributed by atoms with Crippen molar-refractivity contribution < 1.29 is 4.79 Å². The van der Waals surface area contributed by atoms with Crippen LogP contribution in [0, 0.1) is 6.92 Å². The van der Waals surface area contributed by atoms with E-state index in [1.807, 2.05) is 18.0 Å². The number of nitrogens with two attached hydrogens (primary N) is 1. The Balaban J connectivity index is 1.55. The minimum Gasteiger partial charge on any atom is -0.354 e. The first-order valence-corrected chi connectivity index (χ1v) is 12.0. The van der Waals surface area contributed by atoms with Gasteiger partial charge < -0.3 is 15.6 Å². The molecule has 0 atom stereocenters. The first kappa shape index (κ1) is 22.5. The molecule has 170 valence electrons. The van der Waals surface area contributed by atoms with E-state index >= 15 is 0 Å². The molecule has 1 aromatic carbocycles. The van der Waals surface area contributed by atoms with Crippen LogP contribution in [0.5, 0.6) is 0 Å². The molecule has 3 heterocycles. The summed E-state index contributed by atoms with van der Waals surface area (Å²) in [7, 11) is 0. The van der Waals surface area contributed by atoms with Crippen LogP contribution < -0.4 is 5.73 Å². The number of unbranched alkanes of at least 4 members (excludes halogenated alkanes) is 1. The molecule has 1 amide bonds. The Morgan fingerprint density at radius 2 is 1.97 bits per heavy atom. The number of carbonyl (C=O) groups excluding carboxylic acids is 1. The second-order valence-corrected chi connectivity index (χ2v) is 9.46. The second kappa shape index (κ2) is 9.86. The fraction of sp³-hybridized carbons (Fsp3) is 0.481. The highest BCUT2D eigenvalue weighted by Gasteiger charge is 2.24. The van der Waals surface area contributed by atoms with E-state index in [0.29, 0.717) is 24.8 Å². The van der Waals surface area contributed by atoms with Crippen LogP contribution in [0.2, 0.25) is 0 Å². The Hall–Kier alpha value is -2.66. The van der Waals surface area contributed by atoms with Gasteiger partial charge in [0, 0.05) is 47.9 Å². The van der Waals surface area contributed by atoms with Gasteiger partial charge in [0.2, 0.25) is 5.91 Å². The number of pyridine rings is 1. The zero-order valence-corrected chi connectivity index (χ0v) is 19.7. The van der Waals surface area contributed by atoms with Gasteiger partial charge >= 0.3 is 0 Å². The molecule has 5 heteroatoms. The molecule has 3 N–H and O–H groups in total. The zero-order valence-electron chi connectivity index (χ0n) is 19.7. The van der Waals surface area contributed by atoms with Gasteiger partial charge in [-0.05, 0) is 86.4 Å². The number of H-pyrrole nitrogens is 1. The molecule has 0 bridgehead atoms. The van der Waals surface area contributed by atoms with Crippen LogP contribution in [0.15, 0.2) is 36.5 Å². The molecule has 1 aliphatic heterocycles. The number of benzene rings is 1. The monoisotopic (exact) mass is 432 g/mol. The Morgan fingerprint density at radius 1 is 1.19 bits per heavy atom. The van der Waals surface area contributed by atoms with Gasteiger partial charge in [-0.15, -0.1) is 0 Å². The lowest BCUT2D eigenvalue weighted by Crippen LogP contribution is -2.37. The van der Waals surface area contributed by atoms with Crippen LogP contribution in [-0.2, 0) is 4.79 Å². The number of hydrogen-bond acceptors (Lipinski definition) is 3. The number of likely N-dealkylation sites (tertiary alicyclic amines) is 1. The topological polar surface area (TPSA) is 75.0 Å². The Labute approximate surface area is 191 Å². The van der Waals surface area contributed by atoms with Crippen molar-refractivity contribution in [3.05, 3.63) is 53.3 Å². The van der Waals surface area contributed by atoms with Crippen LogP contribution in [0.4, 0.5) is 0 Å². The number of aryl methyl sites for hydroxylation is 1. The van der Waals surface area contributed by atoms with E-state index in [1.165, 1.54) is 33.3 Å². The molecule has 1 fully saturated rings. The number of fused-ring (bicyclic) bond motifs is 1. The zero-order chi connectivity index (χ0) is 22.7. The number of aromatic amines is 1. The minimum absolute atomic E-state index is 0.289. The second-order valence-electron chi connectivity index (χ2n) is 9.46. The summed E-state index contributed by atoms with van der Waals surface area (Å²) in [6.45, 7) is 8.95. The van der Waals surface area contributed by atoms with Crippen molar-refractivity contribution in [2.75, 3.05) is 19.6 Å². The molecule has 2 aromatic heterocycles. The summed E-state index contributed by atoms with van der Waals surface area (Å²) in [5.41, 5.74) is 12.9. The van der Waals surface area contributed by atoms with Crippen molar-refractivity contribution in [1.29, 1.82) is 0 Å². The van der Waals surface area contributed by atoms with Crippen LogP contribution >= 0.6 is 0 Å². The standard InChI is InChI=1S/C27H36N4O/c1-18(2)26-23-17-21(20-10-14-31(15-11-20)25(32)6-4-5-12-28)7-8-24(23)30-27(26)22-9-13-29-19(3)16-22/h7-9,13,16-18,20,30H,4-6,10-12,14-15,28H2,1-3H3. The molecule has 0 spiro atoms. The number of carbonyl (C=O) groups is 1. The summed E-state index contributed by atoms with van der Waals surface area (Å²) in [4.78, 5) is 22.5. The molecule has 0 unspecified atom stereocenters. The highest BCUT2D eigenvalue weighted by atomic mass is 16.2. The molecule has 0 saturated carbocycles. The summed E-state index contributed by atoms with van der Waals surface area (Å²) in [6, 6.07) is 11.1. The van der Waals surface area contributed by atoms with Crippen molar-refractivity contribution in [3.63, 3.8) is 0 Å². The van der Waals surface area contributed by atoms with E-state index in [2.05, 4.69) is 54.1 Å². The highest BCUT2D eigenvalue weighted by Crippen LogP contribution is 2.38. The molecule has 1 saturated heterocycles. The van der Waals surface area contributed by atoms with Gasteiger partial charge in [0.1, 0.15) is 0 Å². The summed E-state index contributed by atoms with van der Waals surface area (Å²) in [5.74, 6) is 1.21. The van der Waals surface area contributed by atoms with Crippen molar-refractivity contribution in [2.24, 2.45) is 5.73 Å². The molecule has 4 rings (SSSR count). The Morgan fingerprint density at radius 3 is 2.66 bits per heavy atom. The quantitative estimate of drug-likeness (QED) is 0.484. The lowest BCUT2D eigenvalue weighted by Gasteiger charge is -2.32. The number of nitrogens with zero attached hydrogens (tertiary/aromatic N) is 2. The maximum Gasteiger partial charge on any atom is 0.222 e. The first-order chi connectivity index (χ1) is 15.5. The molecule has 3 aromatic rings. The van der Waals surface area contributed by atoms with E-state index in [9.17, 15) is 4.79 Å². The van der Waals surface area contributed by atoms with Crippen LogP contribution in [0.3, 0.4) is 0 Å². The molecule has 0 radical (unpaired) electrons. The molecular weight excluding hydrogens is 396 g/mol. The van der Waals surface area contributed by atoms with Crippen LogP contribution in [0.25, 0.3) is 22.2 Å². The maximum absolute atomic E-state index is 12.4. The lowest BCUT2D eigenvalue weighted by molar-refractivity contribution is -0.132. The largest absolute Gasteiger partial charge is 0.354 e. The third-order valence-corrected chi connectivity index (χ3v) is 6.79. The van der Waals surface area contributed by atoms with Crippen molar-refractivity contribution in [2.45, 2.75) is 64.7 Å². The summed E-state index contributed by atoms with van der Waals surface area (Å²) >= 11 is 0. The smallest absolute Gasteiger partial charge is 0.222 e. The predicted molar refractivity (Wildman–Crippen MR) is 132 cm³/mol. The van der Waals surface area contributed by atoms with E-state index < -0.39 is 0 Å². The number of rotatable bonds is 7. The average Bonchev–Trinajstić information content (AvgIpc) is 3.18. The van der Waals surface area contributed by atoms with Crippen molar-refractivity contribution in [3.8, 4) is 11.3 Å². The number of nitrogens with one attached hydrogen (secondary N) is 1. The van der Waals surface area contributed by atoms with Crippen LogP contribution in [0.1, 0.15) is 74.6 Å². The number of amides is 1. The fourth-order valence-electron chi connectivity index (χ4n) is 5.05. The number of aromatic nitrogens is 2. The fourth-order valence-corrected chi connectivity index (χ4v) is 5.05. The van der Waals surface area contributed by atoms with Gasteiger partial charge in [0.25, 0.3) is 0 Å². The normalized spacial score (nSPS) is 15.1. The van der Waals surface area contributed by atoms with Gasteiger partial charge in [0.15, 0.2) is 0 Å². The molecule has 1 aliphatic rings. The van der Waals surface area contributed by atoms with Gasteiger partial charge in [0.05, 0.1) is 5.69 Å². The van der Waals surface area contributed by atoms with Crippen LogP contribution in [-0.4, -0.2) is 40.4 Å². The predicted octanol–water partition coefficient (Wildman–Crippen LogP) is 5.50. The average molecular weight is 433 g/mol. The van der Waals surface area contributed by atoms with E-state index in [4.69, 9.17) is 5.73 Å². The van der Waals surface area contributed by atoms with Crippen molar-refractivity contribution >= 4 is 16.8 Å². The highest BCUT2D eigenvalue weighted by molar-refractivity contribution is 5.92. The molecule has 5 nitrogen and oxygen atoms in total. The number of piperidine rings is 1. The van der Waals surface area contributed by atoms with E-state index in [1.54, 1.807) is 0 Å². The maximum atomic E-state index is 12.4. The Kier molecular flexibility index (Phi) is 6.95. The third-order valence-electron chi connectivity index (χ3n) is 6.79. The minimum atomic E-state index is 0.289. The van der Waals surface area contributed by atoms with E-state index in [0.717, 1.165) is 44.5 Å². The van der Waals surface area contributed by atoms with Gasteiger partial charge in [-0.3, -0.25) is 9.78 Å². The molecular formula is C27H36N4O. The SMILES string of the molecule is Cc1cc(-c2[nH]c3ccc(C4CCN(C(=O)CCCCN)CC4)cc3c2C(C)C)ccn1. The van der Waals surface area contributed by atoms with Gasteiger partial charge in [-0.25, -0.2) is 0 Å². The van der Waals surface area contributed by atoms with Gasteiger partial charge in [-0.1, -0.05) is 19.9 Å².